The van der Waals surface area contributed by atoms with Gasteiger partial charge in [0, 0.05) is 16.6 Å². The van der Waals surface area contributed by atoms with Crippen molar-refractivity contribution in [1.82, 2.24) is 0 Å². The first-order valence-corrected chi connectivity index (χ1v) is 6.80. The van der Waals surface area contributed by atoms with E-state index in [-0.39, 0.29) is 0 Å². The van der Waals surface area contributed by atoms with Crippen LogP contribution in [0.2, 0.25) is 0 Å². The van der Waals surface area contributed by atoms with E-state index in [0.717, 1.165) is 23.7 Å². The fourth-order valence-electron chi connectivity index (χ4n) is 3.90. The zero-order valence-electron chi connectivity index (χ0n) is 9.49. The summed E-state index contributed by atoms with van der Waals surface area (Å²) < 4.78 is 6.64. The van der Waals surface area contributed by atoms with Gasteiger partial charge in [-0.05, 0) is 17.6 Å². The maximum Gasteiger partial charge on any atom is 0.0653 e. The van der Waals surface area contributed by atoms with Gasteiger partial charge >= 0.3 is 0 Å². The zero-order chi connectivity index (χ0) is 10.1. The van der Waals surface area contributed by atoms with Crippen LogP contribution in [0.1, 0.15) is 27.7 Å². The van der Waals surface area contributed by atoms with Gasteiger partial charge in [-0.25, -0.2) is 0 Å². The Bertz CT molecular complexity index is 263. The van der Waals surface area contributed by atoms with Crippen molar-refractivity contribution in [2.75, 3.05) is 5.75 Å². The summed E-state index contributed by atoms with van der Waals surface area (Å²) >= 11 is 2.16. The quantitative estimate of drug-likeness (QED) is 0.610. The van der Waals surface area contributed by atoms with Crippen LogP contribution in [0.15, 0.2) is 0 Å². The molecular formula is C12H20OS. The topological polar surface area (TPSA) is 9.23 Å². The van der Waals surface area contributed by atoms with Gasteiger partial charge in [0.1, 0.15) is 0 Å². The van der Waals surface area contributed by atoms with Crippen molar-refractivity contribution in [1.29, 1.82) is 0 Å². The van der Waals surface area contributed by atoms with Crippen molar-refractivity contribution in [3.8, 4) is 0 Å². The van der Waals surface area contributed by atoms with Gasteiger partial charge in [-0.15, -0.1) is 0 Å². The molecule has 0 aromatic carbocycles. The smallest absolute Gasteiger partial charge is 0.0653 e. The minimum Gasteiger partial charge on any atom is -0.374 e. The summed E-state index contributed by atoms with van der Waals surface area (Å²) in [6.07, 6.45) is 1.14. The predicted molar refractivity (Wildman–Crippen MR) is 60.5 cm³/mol. The van der Waals surface area contributed by atoms with E-state index in [1.54, 1.807) is 0 Å². The van der Waals surface area contributed by atoms with Crippen molar-refractivity contribution in [3.05, 3.63) is 0 Å². The molecule has 3 rings (SSSR count). The number of hydrogen-bond acceptors (Lipinski definition) is 2. The van der Waals surface area contributed by atoms with Crippen LogP contribution in [0.5, 0.6) is 0 Å². The maximum absolute atomic E-state index is 6.19. The van der Waals surface area contributed by atoms with E-state index in [1.807, 2.05) is 0 Å². The van der Waals surface area contributed by atoms with Gasteiger partial charge in [0.2, 0.25) is 0 Å². The molecule has 0 amide bonds. The van der Waals surface area contributed by atoms with Crippen LogP contribution in [0.4, 0.5) is 0 Å². The molecule has 3 heterocycles. The number of fused-ring (bicyclic) bond motifs is 5. The van der Waals surface area contributed by atoms with Gasteiger partial charge in [-0.2, -0.15) is 11.8 Å². The maximum atomic E-state index is 6.19. The van der Waals surface area contributed by atoms with E-state index >= 15 is 0 Å². The molecule has 3 fully saturated rings. The Hall–Kier alpha value is 0.310. The first-order valence-electron chi connectivity index (χ1n) is 5.82. The summed E-state index contributed by atoms with van der Waals surface area (Å²) in [5.74, 6) is 4.57. The van der Waals surface area contributed by atoms with Crippen LogP contribution in [0, 0.1) is 23.7 Å². The van der Waals surface area contributed by atoms with E-state index in [2.05, 4.69) is 39.5 Å². The average molecular weight is 212 g/mol. The summed E-state index contributed by atoms with van der Waals surface area (Å²) in [5.41, 5.74) is 0. The molecule has 0 spiro atoms. The SMILES string of the molecule is CC1C(C)C2OC1C1CSC(C)(C)C12. The largest absolute Gasteiger partial charge is 0.374 e. The molecule has 0 aliphatic carbocycles. The lowest BCUT2D eigenvalue weighted by molar-refractivity contribution is 0.0695. The van der Waals surface area contributed by atoms with Crippen molar-refractivity contribution in [2.24, 2.45) is 23.7 Å². The normalized spacial score (nSPS) is 59.1. The molecule has 1 nitrogen and oxygen atoms in total. The highest BCUT2D eigenvalue weighted by Crippen LogP contribution is 2.61. The van der Waals surface area contributed by atoms with Crippen LogP contribution in [-0.4, -0.2) is 22.7 Å². The molecule has 0 aromatic heterocycles. The standard InChI is InChI=1S/C12H20OS/c1-6-7(2)11-9-8(10(6)13-11)5-14-12(9,3)4/h6-11H,5H2,1-4H3. The molecule has 0 N–H and O–H groups in total. The third-order valence-corrected chi connectivity index (χ3v) is 6.44. The second-order valence-corrected chi connectivity index (χ2v) is 7.56. The van der Waals surface area contributed by atoms with Gasteiger partial charge in [0.15, 0.2) is 0 Å². The lowest BCUT2D eigenvalue weighted by atomic mass is 9.66. The highest BCUT2D eigenvalue weighted by Gasteiger charge is 2.63. The van der Waals surface area contributed by atoms with Gasteiger partial charge in [0.25, 0.3) is 0 Å². The molecule has 2 bridgehead atoms. The molecule has 0 saturated carbocycles. The van der Waals surface area contributed by atoms with Crippen LogP contribution in [-0.2, 0) is 4.74 Å². The zero-order valence-corrected chi connectivity index (χ0v) is 10.3. The molecule has 6 atom stereocenters. The first-order chi connectivity index (χ1) is 6.52. The molecular weight excluding hydrogens is 192 g/mol. The second-order valence-electron chi connectivity index (χ2n) is 5.89. The lowest BCUT2D eigenvalue weighted by Crippen LogP contribution is -2.42. The summed E-state index contributed by atoms with van der Waals surface area (Å²) in [6, 6.07) is 0. The van der Waals surface area contributed by atoms with Crippen LogP contribution >= 0.6 is 11.8 Å². The molecule has 3 aliphatic heterocycles. The Morgan fingerprint density at radius 3 is 2.50 bits per heavy atom. The second kappa shape index (κ2) is 2.70. The minimum absolute atomic E-state index is 0.457. The highest BCUT2D eigenvalue weighted by atomic mass is 32.2. The number of hydrogen-bond donors (Lipinski definition) is 0. The monoisotopic (exact) mass is 212 g/mol. The summed E-state index contributed by atoms with van der Waals surface area (Å²) in [4.78, 5) is 0. The average Bonchev–Trinajstić information content (AvgIpc) is 2.69. The van der Waals surface area contributed by atoms with E-state index in [1.165, 1.54) is 5.75 Å². The Kier molecular flexibility index (Phi) is 1.84. The molecule has 3 saturated heterocycles. The fourth-order valence-corrected chi connectivity index (χ4v) is 5.42. The lowest BCUT2D eigenvalue weighted by Gasteiger charge is -2.36. The molecule has 80 valence electrons. The Balaban J connectivity index is 1.95. The fraction of sp³-hybridized carbons (Fsp3) is 1.00. The number of rotatable bonds is 0. The van der Waals surface area contributed by atoms with Gasteiger partial charge < -0.3 is 4.74 Å². The Morgan fingerprint density at radius 2 is 1.79 bits per heavy atom. The van der Waals surface area contributed by atoms with Crippen molar-refractivity contribution in [2.45, 2.75) is 44.6 Å². The number of thioether (sulfide) groups is 1. The highest BCUT2D eigenvalue weighted by molar-refractivity contribution is 8.00. The van der Waals surface area contributed by atoms with Crippen LogP contribution in [0.25, 0.3) is 0 Å². The van der Waals surface area contributed by atoms with Gasteiger partial charge in [-0.3, -0.25) is 0 Å². The van der Waals surface area contributed by atoms with Crippen molar-refractivity contribution in [3.63, 3.8) is 0 Å². The van der Waals surface area contributed by atoms with E-state index in [4.69, 9.17) is 4.74 Å². The predicted octanol–water partition coefficient (Wildman–Crippen LogP) is 2.80. The summed E-state index contributed by atoms with van der Waals surface area (Å²) in [7, 11) is 0. The Labute approximate surface area is 91.0 Å². The van der Waals surface area contributed by atoms with Crippen molar-refractivity contribution >= 4 is 11.8 Å². The molecule has 2 heteroatoms. The first kappa shape index (κ1) is 9.53. The Morgan fingerprint density at radius 1 is 1.14 bits per heavy atom. The molecule has 0 radical (unpaired) electrons. The third kappa shape index (κ3) is 0.969. The molecule has 3 aliphatic rings. The van der Waals surface area contributed by atoms with E-state index in [9.17, 15) is 0 Å². The number of ether oxygens (including phenoxy) is 1. The summed E-state index contributed by atoms with van der Waals surface area (Å²) in [5, 5.41) is 0. The summed E-state index contributed by atoms with van der Waals surface area (Å²) in [6.45, 7) is 9.57. The van der Waals surface area contributed by atoms with E-state index < -0.39 is 0 Å². The molecule has 14 heavy (non-hydrogen) atoms. The molecule has 6 unspecified atom stereocenters. The van der Waals surface area contributed by atoms with Crippen molar-refractivity contribution < 1.29 is 4.74 Å². The van der Waals surface area contributed by atoms with Gasteiger partial charge in [-0.1, -0.05) is 27.7 Å². The van der Waals surface area contributed by atoms with Crippen LogP contribution in [0.3, 0.4) is 0 Å². The molecule has 0 aromatic rings. The van der Waals surface area contributed by atoms with Crippen LogP contribution < -0.4 is 0 Å². The van der Waals surface area contributed by atoms with Gasteiger partial charge in [0.05, 0.1) is 12.2 Å². The third-order valence-electron chi connectivity index (χ3n) is 4.87. The minimum atomic E-state index is 0.457. The van der Waals surface area contributed by atoms with E-state index in [0.29, 0.717) is 17.0 Å².